The summed E-state index contributed by atoms with van der Waals surface area (Å²) in [4.78, 5) is 0. The molecule has 0 amide bonds. The molecule has 3 N–H and O–H groups in total. The Morgan fingerprint density at radius 2 is 2.10 bits per heavy atom. The Hall–Kier alpha value is -0.560. The van der Waals surface area contributed by atoms with Crippen LogP contribution in [0.4, 0.5) is 0 Å². The molecule has 0 aliphatic heterocycles. The molecule has 6 heteroatoms. The van der Waals surface area contributed by atoms with Crippen molar-refractivity contribution in [3.8, 4) is 0 Å². The van der Waals surface area contributed by atoms with Gasteiger partial charge in [-0.2, -0.15) is 11.8 Å². The number of nitrogens with one attached hydrogen (secondary N) is 1. The molecule has 4 nitrogen and oxygen atoms in total. The molecule has 1 fully saturated rings. The van der Waals surface area contributed by atoms with Gasteiger partial charge in [0.15, 0.2) is 0 Å². The molecule has 0 radical (unpaired) electrons. The van der Waals surface area contributed by atoms with E-state index in [1.165, 1.54) is 0 Å². The molecule has 2 atom stereocenters. The lowest BCUT2D eigenvalue weighted by Gasteiger charge is -2.19. The van der Waals surface area contributed by atoms with E-state index in [4.69, 9.17) is 5.73 Å². The van der Waals surface area contributed by atoms with Gasteiger partial charge in [0, 0.05) is 17.8 Å². The number of sulfonamides is 1. The average Bonchev–Trinajstić information content (AvgIpc) is 2.84. The molecule has 112 valence electrons. The summed E-state index contributed by atoms with van der Waals surface area (Å²) in [5.74, 6) is 0.0262. The Morgan fingerprint density at radius 1 is 1.35 bits per heavy atom. The molecule has 0 spiro atoms. The number of thioether (sulfide) groups is 1. The van der Waals surface area contributed by atoms with Crippen LogP contribution in [0.5, 0.6) is 0 Å². The van der Waals surface area contributed by atoms with Crippen molar-refractivity contribution in [2.24, 2.45) is 5.73 Å². The molecule has 20 heavy (non-hydrogen) atoms. The van der Waals surface area contributed by atoms with Crippen LogP contribution >= 0.6 is 11.8 Å². The minimum Gasteiger partial charge on any atom is -0.326 e. The highest BCUT2D eigenvalue weighted by Gasteiger charge is 2.29. The van der Waals surface area contributed by atoms with E-state index in [2.05, 4.69) is 4.72 Å². The third-order valence-corrected chi connectivity index (χ3v) is 6.21. The SMILES string of the molecule is CSC1CCCC1NS(=O)(=O)Cc1cccc(CN)c1. The van der Waals surface area contributed by atoms with Crippen LogP contribution in [0.1, 0.15) is 30.4 Å². The van der Waals surface area contributed by atoms with E-state index in [-0.39, 0.29) is 11.8 Å². The summed E-state index contributed by atoms with van der Waals surface area (Å²) in [7, 11) is -3.29. The van der Waals surface area contributed by atoms with Gasteiger partial charge >= 0.3 is 0 Å². The second kappa shape index (κ2) is 6.93. The average molecular weight is 314 g/mol. The van der Waals surface area contributed by atoms with E-state index in [1.807, 2.05) is 30.5 Å². The Kier molecular flexibility index (Phi) is 5.49. The molecule has 1 aliphatic carbocycles. The van der Waals surface area contributed by atoms with E-state index in [1.54, 1.807) is 11.8 Å². The lowest BCUT2D eigenvalue weighted by molar-refractivity contribution is 0.554. The fraction of sp³-hybridized carbons (Fsp3) is 0.571. The van der Waals surface area contributed by atoms with E-state index < -0.39 is 10.0 Å². The minimum atomic E-state index is -3.29. The summed E-state index contributed by atoms with van der Waals surface area (Å²) in [6.07, 6.45) is 5.17. The Morgan fingerprint density at radius 3 is 2.80 bits per heavy atom. The monoisotopic (exact) mass is 314 g/mol. The van der Waals surface area contributed by atoms with Gasteiger partial charge in [-0.25, -0.2) is 13.1 Å². The van der Waals surface area contributed by atoms with Crippen molar-refractivity contribution < 1.29 is 8.42 Å². The Balaban J connectivity index is 2.03. The van der Waals surface area contributed by atoms with Crippen molar-refractivity contribution in [3.05, 3.63) is 35.4 Å². The van der Waals surface area contributed by atoms with Crippen molar-refractivity contribution >= 4 is 21.8 Å². The van der Waals surface area contributed by atoms with E-state index in [0.717, 1.165) is 30.4 Å². The predicted octanol–water partition coefficient (Wildman–Crippen LogP) is 1.85. The van der Waals surface area contributed by atoms with Crippen LogP contribution < -0.4 is 10.5 Å². The molecule has 1 aromatic rings. The number of hydrogen-bond acceptors (Lipinski definition) is 4. The molecule has 0 saturated heterocycles. The van der Waals surface area contributed by atoms with E-state index in [0.29, 0.717) is 11.8 Å². The lowest BCUT2D eigenvalue weighted by Crippen LogP contribution is -2.39. The van der Waals surface area contributed by atoms with Crippen LogP contribution in [0.15, 0.2) is 24.3 Å². The number of rotatable bonds is 6. The molecule has 2 unspecified atom stereocenters. The zero-order chi connectivity index (χ0) is 14.6. The maximum Gasteiger partial charge on any atom is 0.216 e. The minimum absolute atomic E-state index is 0.0262. The summed E-state index contributed by atoms with van der Waals surface area (Å²) in [6, 6.07) is 7.53. The van der Waals surface area contributed by atoms with Gasteiger partial charge in [-0.05, 0) is 30.2 Å². The zero-order valence-corrected chi connectivity index (χ0v) is 13.3. The summed E-state index contributed by atoms with van der Waals surface area (Å²) in [6.45, 7) is 0.429. The molecular weight excluding hydrogens is 292 g/mol. The summed E-state index contributed by atoms with van der Waals surface area (Å²) >= 11 is 1.75. The predicted molar refractivity (Wildman–Crippen MR) is 85.0 cm³/mol. The van der Waals surface area contributed by atoms with Gasteiger partial charge in [-0.15, -0.1) is 0 Å². The van der Waals surface area contributed by atoms with Crippen molar-refractivity contribution in [1.29, 1.82) is 0 Å². The largest absolute Gasteiger partial charge is 0.326 e. The lowest BCUT2D eigenvalue weighted by atomic mass is 10.1. The molecule has 0 heterocycles. The van der Waals surface area contributed by atoms with Gasteiger partial charge in [0.25, 0.3) is 0 Å². The smallest absolute Gasteiger partial charge is 0.216 e. The summed E-state index contributed by atoms with van der Waals surface area (Å²) < 4.78 is 27.4. The maximum absolute atomic E-state index is 12.3. The molecule has 0 bridgehead atoms. The van der Waals surface area contributed by atoms with Gasteiger partial charge in [0.1, 0.15) is 0 Å². The van der Waals surface area contributed by atoms with Crippen molar-refractivity contribution in [2.75, 3.05) is 6.26 Å². The number of nitrogens with two attached hydrogens (primary N) is 1. The Labute approximate surface area is 125 Å². The molecular formula is C14H22N2O2S2. The standard InChI is InChI=1S/C14H22N2O2S2/c1-19-14-7-3-6-13(14)16-20(17,18)10-12-5-2-4-11(8-12)9-15/h2,4-5,8,13-14,16H,3,6-7,9-10,15H2,1H3. The van der Waals surface area contributed by atoms with Crippen LogP contribution in [-0.4, -0.2) is 26.0 Å². The van der Waals surface area contributed by atoms with Gasteiger partial charge in [0.2, 0.25) is 10.0 Å². The van der Waals surface area contributed by atoms with Gasteiger partial charge in [0.05, 0.1) is 5.75 Å². The van der Waals surface area contributed by atoms with Crippen LogP contribution in [0.3, 0.4) is 0 Å². The van der Waals surface area contributed by atoms with Crippen LogP contribution in [-0.2, 0) is 22.3 Å². The fourth-order valence-corrected chi connectivity index (χ4v) is 5.15. The molecule has 0 aromatic heterocycles. The number of benzene rings is 1. The molecule has 2 rings (SSSR count). The zero-order valence-electron chi connectivity index (χ0n) is 11.7. The van der Waals surface area contributed by atoms with Crippen LogP contribution in [0, 0.1) is 0 Å². The van der Waals surface area contributed by atoms with Crippen molar-refractivity contribution in [1.82, 2.24) is 4.72 Å². The number of hydrogen-bond donors (Lipinski definition) is 2. The first kappa shape index (κ1) is 15.8. The fourth-order valence-electron chi connectivity index (χ4n) is 2.68. The van der Waals surface area contributed by atoms with Crippen molar-refractivity contribution in [3.63, 3.8) is 0 Å². The quantitative estimate of drug-likeness (QED) is 0.840. The molecule has 1 aliphatic rings. The van der Waals surface area contributed by atoms with Crippen molar-refractivity contribution in [2.45, 2.75) is 42.9 Å². The van der Waals surface area contributed by atoms with E-state index >= 15 is 0 Å². The van der Waals surface area contributed by atoms with Crippen LogP contribution in [0.25, 0.3) is 0 Å². The highest BCUT2D eigenvalue weighted by molar-refractivity contribution is 7.99. The summed E-state index contributed by atoms with van der Waals surface area (Å²) in [5, 5.41) is 0.403. The van der Waals surface area contributed by atoms with E-state index in [9.17, 15) is 8.42 Å². The third-order valence-electron chi connectivity index (χ3n) is 3.67. The first-order valence-electron chi connectivity index (χ1n) is 6.85. The molecule has 1 saturated carbocycles. The second-order valence-corrected chi connectivity index (χ2v) is 8.04. The first-order chi connectivity index (χ1) is 9.54. The van der Waals surface area contributed by atoms with Gasteiger partial charge < -0.3 is 5.73 Å². The second-order valence-electron chi connectivity index (χ2n) is 5.21. The molecule has 1 aromatic carbocycles. The highest BCUT2D eigenvalue weighted by Crippen LogP contribution is 2.29. The third kappa shape index (κ3) is 4.22. The van der Waals surface area contributed by atoms with Gasteiger partial charge in [-0.3, -0.25) is 0 Å². The summed E-state index contributed by atoms with van der Waals surface area (Å²) in [5.41, 5.74) is 7.33. The highest BCUT2D eigenvalue weighted by atomic mass is 32.2. The van der Waals surface area contributed by atoms with Gasteiger partial charge in [-0.1, -0.05) is 30.7 Å². The topological polar surface area (TPSA) is 72.2 Å². The normalized spacial score (nSPS) is 23.1. The maximum atomic E-state index is 12.3. The van der Waals surface area contributed by atoms with Crippen LogP contribution in [0.2, 0.25) is 0 Å². The first-order valence-corrected chi connectivity index (χ1v) is 9.79. The Bertz CT molecular complexity index is 546.